The summed E-state index contributed by atoms with van der Waals surface area (Å²) in [5.74, 6) is 1.51. The van der Waals surface area contributed by atoms with Gasteiger partial charge in [0.05, 0.1) is 7.11 Å². The molecule has 3 nitrogen and oxygen atoms in total. The van der Waals surface area contributed by atoms with Crippen LogP contribution in [0.4, 0.5) is 0 Å². The third-order valence-corrected chi connectivity index (χ3v) is 3.92. The summed E-state index contributed by atoms with van der Waals surface area (Å²) in [6, 6.07) is 14.4. The minimum atomic E-state index is 0. The molecular formula is C18H21Cl2NO2. The summed E-state index contributed by atoms with van der Waals surface area (Å²) in [5, 5.41) is 4.21. The van der Waals surface area contributed by atoms with Gasteiger partial charge >= 0.3 is 0 Å². The van der Waals surface area contributed by atoms with Crippen LogP contribution >= 0.6 is 24.0 Å². The highest BCUT2D eigenvalue weighted by Gasteiger charge is 2.20. The Bertz CT molecular complexity index is 645. The topological polar surface area (TPSA) is 30.5 Å². The van der Waals surface area contributed by atoms with Crippen molar-refractivity contribution in [2.24, 2.45) is 0 Å². The molecule has 0 atom stereocenters. The number of hydrogen-bond acceptors (Lipinski definition) is 3. The lowest BCUT2D eigenvalue weighted by Gasteiger charge is -2.13. The molecular weight excluding hydrogens is 333 g/mol. The van der Waals surface area contributed by atoms with Gasteiger partial charge in [-0.25, -0.2) is 0 Å². The molecule has 1 fully saturated rings. The number of hydrogen-bond donors (Lipinski definition) is 1. The number of rotatable bonds is 7. The van der Waals surface area contributed by atoms with E-state index in [4.69, 9.17) is 21.1 Å². The summed E-state index contributed by atoms with van der Waals surface area (Å²) in [7, 11) is 1.67. The molecule has 1 saturated carbocycles. The molecule has 0 amide bonds. The first-order valence-corrected chi connectivity index (χ1v) is 7.90. The van der Waals surface area contributed by atoms with Crippen molar-refractivity contribution in [3.05, 3.63) is 58.6 Å². The van der Waals surface area contributed by atoms with Crippen LogP contribution in [0.5, 0.6) is 11.5 Å². The Morgan fingerprint density at radius 1 is 1.09 bits per heavy atom. The largest absolute Gasteiger partial charge is 0.493 e. The average molecular weight is 354 g/mol. The summed E-state index contributed by atoms with van der Waals surface area (Å²) in [4.78, 5) is 0. The number of nitrogens with one attached hydrogen (secondary N) is 1. The van der Waals surface area contributed by atoms with Crippen LogP contribution in [0.15, 0.2) is 42.5 Å². The molecule has 2 aromatic carbocycles. The lowest BCUT2D eigenvalue weighted by molar-refractivity contribution is 0.284. The Hall–Kier alpha value is -1.42. The Kier molecular flexibility index (Phi) is 6.58. The lowest BCUT2D eigenvalue weighted by Crippen LogP contribution is -2.15. The summed E-state index contributed by atoms with van der Waals surface area (Å²) in [6.45, 7) is 1.34. The van der Waals surface area contributed by atoms with Crippen LogP contribution in [0.3, 0.4) is 0 Å². The maximum Gasteiger partial charge on any atom is 0.161 e. The molecule has 1 aliphatic carbocycles. The van der Waals surface area contributed by atoms with E-state index < -0.39 is 0 Å². The second-order valence-electron chi connectivity index (χ2n) is 5.56. The van der Waals surface area contributed by atoms with E-state index in [1.165, 1.54) is 18.4 Å². The van der Waals surface area contributed by atoms with Crippen molar-refractivity contribution in [3.63, 3.8) is 0 Å². The molecule has 0 spiro atoms. The van der Waals surface area contributed by atoms with Gasteiger partial charge in [-0.15, -0.1) is 12.4 Å². The van der Waals surface area contributed by atoms with Crippen LogP contribution in [0.1, 0.15) is 24.0 Å². The predicted molar refractivity (Wildman–Crippen MR) is 95.9 cm³/mol. The van der Waals surface area contributed by atoms with Gasteiger partial charge in [-0.1, -0.05) is 29.8 Å². The SMILES string of the molecule is COc1cc(CNC2CC2)ccc1OCc1cccc(Cl)c1.Cl. The number of benzene rings is 2. The van der Waals surface area contributed by atoms with Gasteiger partial charge in [-0.2, -0.15) is 0 Å². The fourth-order valence-corrected chi connectivity index (χ4v) is 2.49. The van der Waals surface area contributed by atoms with Crippen molar-refractivity contribution in [1.29, 1.82) is 0 Å². The average Bonchev–Trinajstić information content (AvgIpc) is 3.35. The van der Waals surface area contributed by atoms with E-state index >= 15 is 0 Å². The quantitative estimate of drug-likeness (QED) is 0.788. The van der Waals surface area contributed by atoms with Crippen LogP contribution in [-0.2, 0) is 13.2 Å². The number of halogens is 2. The summed E-state index contributed by atoms with van der Waals surface area (Å²) < 4.78 is 11.3. The van der Waals surface area contributed by atoms with Crippen LogP contribution in [-0.4, -0.2) is 13.2 Å². The van der Waals surface area contributed by atoms with Gasteiger partial charge in [0, 0.05) is 17.6 Å². The van der Waals surface area contributed by atoms with Crippen molar-refractivity contribution < 1.29 is 9.47 Å². The normalized spacial score (nSPS) is 13.3. The molecule has 0 bridgehead atoms. The van der Waals surface area contributed by atoms with Gasteiger partial charge in [0.2, 0.25) is 0 Å². The zero-order chi connectivity index (χ0) is 15.4. The second-order valence-corrected chi connectivity index (χ2v) is 6.00. The van der Waals surface area contributed by atoms with E-state index in [0.29, 0.717) is 12.6 Å². The molecule has 1 aliphatic rings. The van der Waals surface area contributed by atoms with Crippen LogP contribution in [0.25, 0.3) is 0 Å². The molecule has 0 aromatic heterocycles. The predicted octanol–water partition coefficient (Wildman–Crippen LogP) is 4.60. The molecule has 0 aliphatic heterocycles. The highest BCUT2D eigenvalue weighted by atomic mass is 35.5. The van der Waals surface area contributed by atoms with E-state index in [1.54, 1.807) is 7.11 Å². The maximum absolute atomic E-state index is 5.98. The van der Waals surface area contributed by atoms with Gasteiger partial charge in [-0.3, -0.25) is 0 Å². The molecule has 0 unspecified atom stereocenters. The molecule has 0 heterocycles. The zero-order valence-electron chi connectivity index (χ0n) is 13.0. The van der Waals surface area contributed by atoms with E-state index in [0.717, 1.165) is 28.6 Å². The first-order chi connectivity index (χ1) is 10.7. The smallest absolute Gasteiger partial charge is 0.161 e. The minimum absolute atomic E-state index is 0. The summed E-state index contributed by atoms with van der Waals surface area (Å²) in [5.41, 5.74) is 2.24. The van der Waals surface area contributed by atoms with Crippen molar-refractivity contribution in [2.75, 3.05) is 7.11 Å². The van der Waals surface area contributed by atoms with E-state index in [-0.39, 0.29) is 12.4 Å². The molecule has 0 radical (unpaired) electrons. The molecule has 23 heavy (non-hydrogen) atoms. The highest BCUT2D eigenvalue weighted by molar-refractivity contribution is 6.30. The molecule has 124 valence electrons. The van der Waals surface area contributed by atoms with E-state index in [2.05, 4.69) is 11.4 Å². The first kappa shape index (κ1) is 17.9. The molecule has 5 heteroatoms. The number of methoxy groups -OCH3 is 1. The Morgan fingerprint density at radius 3 is 2.61 bits per heavy atom. The van der Waals surface area contributed by atoms with Gasteiger partial charge in [0.1, 0.15) is 6.61 Å². The van der Waals surface area contributed by atoms with Crippen molar-refractivity contribution >= 4 is 24.0 Å². The van der Waals surface area contributed by atoms with Gasteiger partial charge < -0.3 is 14.8 Å². The van der Waals surface area contributed by atoms with Crippen LogP contribution in [0.2, 0.25) is 5.02 Å². The second kappa shape index (κ2) is 8.44. The minimum Gasteiger partial charge on any atom is -0.493 e. The molecule has 3 rings (SSSR count). The third-order valence-electron chi connectivity index (χ3n) is 3.68. The molecule has 0 saturated heterocycles. The fraction of sp³-hybridized carbons (Fsp3) is 0.333. The molecule has 2 aromatic rings. The standard InChI is InChI=1S/C18H20ClNO2.ClH/c1-21-18-10-13(11-20-16-6-7-16)5-8-17(18)22-12-14-3-2-4-15(19)9-14;/h2-5,8-10,16,20H,6-7,11-12H2,1H3;1H. The number of ether oxygens (including phenoxy) is 2. The Labute approximate surface area is 148 Å². The fourth-order valence-electron chi connectivity index (χ4n) is 2.28. The van der Waals surface area contributed by atoms with Gasteiger partial charge in [-0.05, 0) is 48.2 Å². The first-order valence-electron chi connectivity index (χ1n) is 7.52. The zero-order valence-corrected chi connectivity index (χ0v) is 14.6. The highest BCUT2D eigenvalue weighted by Crippen LogP contribution is 2.29. The van der Waals surface area contributed by atoms with Crippen LogP contribution in [0, 0.1) is 0 Å². The monoisotopic (exact) mass is 353 g/mol. The molecule has 1 N–H and O–H groups in total. The van der Waals surface area contributed by atoms with Gasteiger partial charge in [0.25, 0.3) is 0 Å². The van der Waals surface area contributed by atoms with Gasteiger partial charge in [0.15, 0.2) is 11.5 Å². The van der Waals surface area contributed by atoms with Crippen molar-refractivity contribution in [2.45, 2.75) is 32.0 Å². The van der Waals surface area contributed by atoms with Crippen molar-refractivity contribution in [1.82, 2.24) is 5.32 Å². The summed E-state index contributed by atoms with van der Waals surface area (Å²) in [6.07, 6.45) is 2.58. The Balaban J connectivity index is 0.00000192. The Morgan fingerprint density at radius 2 is 1.91 bits per heavy atom. The van der Waals surface area contributed by atoms with Crippen molar-refractivity contribution in [3.8, 4) is 11.5 Å². The summed E-state index contributed by atoms with van der Waals surface area (Å²) >= 11 is 5.98. The third kappa shape index (κ3) is 5.31. The van der Waals surface area contributed by atoms with E-state index in [1.807, 2.05) is 36.4 Å². The lowest BCUT2D eigenvalue weighted by atomic mass is 10.2. The van der Waals surface area contributed by atoms with Crippen LogP contribution < -0.4 is 14.8 Å². The maximum atomic E-state index is 5.98. The van der Waals surface area contributed by atoms with E-state index in [9.17, 15) is 0 Å².